The van der Waals surface area contributed by atoms with E-state index in [0.717, 1.165) is 24.7 Å². The molecule has 2 nitrogen and oxygen atoms in total. The first-order chi connectivity index (χ1) is 9.24. The molecule has 0 aromatic heterocycles. The summed E-state index contributed by atoms with van der Waals surface area (Å²) in [5.41, 5.74) is 8.21. The first-order valence-electron chi connectivity index (χ1n) is 7.22. The molecule has 2 rings (SSSR count). The molecule has 2 aromatic carbocycles. The predicted octanol–water partition coefficient (Wildman–Crippen LogP) is 3.95. The van der Waals surface area contributed by atoms with Crippen LogP contribution in [0.3, 0.4) is 0 Å². The van der Waals surface area contributed by atoms with Crippen molar-refractivity contribution in [3.8, 4) is 0 Å². The minimum absolute atomic E-state index is 0.765. The molecule has 3 N–H and O–H groups in total. The summed E-state index contributed by atoms with van der Waals surface area (Å²) < 4.78 is 0. The molecule has 0 aliphatic rings. The van der Waals surface area contributed by atoms with Gasteiger partial charge in [-0.2, -0.15) is 0 Å². The molecule has 0 saturated carbocycles. The summed E-state index contributed by atoms with van der Waals surface area (Å²) in [6, 6.07) is 12.6. The standard InChI is InChI=1S/C17H24N2/c1-3-13(4-2)11-19-12-16-9-14-7-5-6-8-15(14)10-17(16)18/h5-10,13,19H,3-4,11-12,18H2,1-2H3. The third-order valence-corrected chi connectivity index (χ3v) is 3.91. The van der Waals surface area contributed by atoms with E-state index in [-0.39, 0.29) is 0 Å². The van der Waals surface area contributed by atoms with E-state index < -0.39 is 0 Å². The highest BCUT2D eigenvalue weighted by Crippen LogP contribution is 2.21. The zero-order chi connectivity index (χ0) is 13.7. The van der Waals surface area contributed by atoms with Crippen LogP contribution in [0.25, 0.3) is 10.8 Å². The molecular weight excluding hydrogens is 232 g/mol. The molecule has 0 amide bonds. The summed E-state index contributed by atoms with van der Waals surface area (Å²) in [5.74, 6) is 0.765. The SMILES string of the molecule is CCC(CC)CNCc1cc2ccccc2cc1N. The Bertz CT molecular complexity index is 530. The van der Waals surface area contributed by atoms with Crippen molar-refractivity contribution in [1.82, 2.24) is 5.32 Å². The number of anilines is 1. The maximum atomic E-state index is 6.13. The molecule has 0 bridgehead atoms. The molecule has 0 heterocycles. The first-order valence-corrected chi connectivity index (χ1v) is 7.22. The van der Waals surface area contributed by atoms with Crippen LogP contribution in [-0.2, 0) is 6.54 Å². The van der Waals surface area contributed by atoms with Gasteiger partial charge in [0.25, 0.3) is 0 Å². The third kappa shape index (κ3) is 3.48. The predicted molar refractivity (Wildman–Crippen MR) is 84.1 cm³/mol. The summed E-state index contributed by atoms with van der Waals surface area (Å²) in [6.07, 6.45) is 2.47. The van der Waals surface area contributed by atoms with Crippen molar-refractivity contribution in [3.63, 3.8) is 0 Å². The summed E-state index contributed by atoms with van der Waals surface area (Å²) in [4.78, 5) is 0. The van der Waals surface area contributed by atoms with E-state index in [1.54, 1.807) is 0 Å². The van der Waals surface area contributed by atoms with E-state index in [1.807, 2.05) is 6.07 Å². The fraction of sp³-hybridized carbons (Fsp3) is 0.412. The zero-order valence-electron chi connectivity index (χ0n) is 11.9. The summed E-state index contributed by atoms with van der Waals surface area (Å²) in [5, 5.41) is 6.00. The van der Waals surface area contributed by atoms with Gasteiger partial charge >= 0.3 is 0 Å². The number of benzene rings is 2. The van der Waals surface area contributed by atoms with Gasteiger partial charge in [-0.3, -0.25) is 0 Å². The Morgan fingerprint density at radius 2 is 1.68 bits per heavy atom. The fourth-order valence-corrected chi connectivity index (χ4v) is 2.45. The van der Waals surface area contributed by atoms with E-state index in [2.05, 4.69) is 49.5 Å². The molecule has 0 fully saturated rings. The number of nitrogens with one attached hydrogen (secondary N) is 1. The Balaban J connectivity index is 2.06. The molecule has 2 heteroatoms. The van der Waals surface area contributed by atoms with Crippen LogP contribution in [0.5, 0.6) is 0 Å². The molecule has 0 radical (unpaired) electrons. The number of fused-ring (bicyclic) bond motifs is 1. The van der Waals surface area contributed by atoms with Gasteiger partial charge < -0.3 is 11.1 Å². The Hall–Kier alpha value is -1.54. The molecular formula is C17H24N2. The van der Waals surface area contributed by atoms with Gasteiger partial charge in [0.15, 0.2) is 0 Å². The van der Waals surface area contributed by atoms with Gasteiger partial charge in [-0.15, -0.1) is 0 Å². The highest BCUT2D eigenvalue weighted by molar-refractivity contribution is 5.86. The normalized spacial score (nSPS) is 11.3. The van der Waals surface area contributed by atoms with Gasteiger partial charge in [-0.05, 0) is 40.9 Å². The molecule has 102 valence electrons. The van der Waals surface area contributed by atoms with Crippen LogP contribution in [-0.4, -0.2) is 6.54 Å². The lowest BCUT2D eigenvalue weighted by Crippen LogP contribution is -2.22. The molecule has 0 aliphatic heterocycles. The molecule has 19 heavy (non-hydrogen) atoms. The van der Waals surface area contributed by atoms with Gasteiger partial charge in [0.2, 0.25) is 0 Å². The number of nitrogens with two attached hydrogens (primary N) is 1. The van der Waals surface area contributed by atoms with Crippen LogP contribution >= 0.6 is 0 Å². The summed E-state index contributed by atoms with van der Waals surface area (Å²) in [7, 11) is 0. The van der Waals surface area contributed by atoms with E-state index in [4.69, 9.17) is 5.73 Å². The number of nitrogen functional groups attached to an aromatic ring is 1. The van der Waals surface area contributed by atoms with Crippen LogP contribution in [0.1, 0.15) is 32.3 Å². The van der Waals surface area contributed by atoms with Gasteiger partial charge in [-0.25, -0.2) is 0 Å². The van der Waals surface area contributed by atoms with Gasteiger partial charge in [0.05, 0.1) is 0 Å². The van der Waals surface area contributed by atoms with Crippen molar-refractivity contribution in [2.45, 2.75) is 33.2 Å². The van der Waals surface area contributed by atoms with Crippen molar-refractivity contribution in [3.05, 3.63) is 42.0 Å². The molecule has 2 aromatic rings. The molecule has 0 aliphatic carbocycles. The van der Waals surface area contributed by atoms with E-state index in [0.29, 0.717) is 0 Å². The minimum atomic E-state index is 0.765. The smallest absolute Gasteiger partial charge is 0.0366 e. The quantitative estimate of drug-likeness (QED) is 0.768. The highest BCUT2D eigenvalue weighted by Gasteiger charge is 2.05. The maximum absolute atomic E-state index is 6.13. The molecule has 0 saturated heterocycles. The second kappa shape index (κ2) is 6.58. The van der Waals surface area contributed by atoms with E-state index in [1.165, 1.54) is 29.2 Å². The maximum Gasteiger partial charge on any atom is 0.0366 e. The van der Waals surface area contributed by atoms with Crippen LogP contribution in [0.15, 0.2) is 36.4 Å². The first kappa shape index (κ1) is 13.9. The van der Waals surface area contributed by atoms with Crippen LogP contribution < -0.4 is 11.1 Å². The van der Waals surface area contributed by atoms with Crippen molar-refractivity contribution in [1.29, 1.82) is 0 Å². The highest BCUT2D eigenvalue weighted by atomic mass is 14.9. The third-order valence-electron chi connectivity index (χ3n) is 3.91. The second-order valence-electron chi connectivity index (χ2n) is 5.21. The number of hydrogen-bond acceptors (Lipinski definition) is 2. The van der Waals surface area contributed by atoms with E-state index in [9.17, 15) is 0 Å². The number of rotatable bonds is 6. The minimum Gasteiger partial charge on any atom is -0.398 e. The van der Waals surface area contributed by atoms with E-state index >= 15 is 0 Å². The molecule has 0 atom stereocenters. The van der Waals surface area contributed by atoms with Crippen molar-refractivity contribution >= 4 is 16.5 Å². The Morgan fingerprint density at radius 3 is 2.32 bits per heavy atom. The second-order valence-corrected chi connectivity index (χ2v) is 5.21. The Morgan fingerprint density at radius 1 is 1.05 bits per heavy atom. The fourth-order valence-electron chi connectivity index (χ4n) is 2.45. The van der Waals surface area contributed by atoms with Gasteiger partial charge in [0, 0.05) is 12.2 Å². The summed E-state index contributed by atoms with van der Waals surface area (Å²) in [6.45, 7) is 6.42. The monoisotopic (exact) mass is 256 g/mol. The summed E-state index contributed by atoms with van der Waals surface area (Å²) >= 11 is 0. The largest absolute Gasteiger partial charge is 0.398 e. The van der Waals surface area contributed by atoms with Crippen molar-refractivity contribution in [2.24, 2.45) is 5.92 Å². The van der Waals surface area contributed by atoms with Crippen molar-refractivity contribution in [2.75, 3.05) is 12.3 Å². The zero-order valence-corrected chi connectivity index (χ0v) is 11.9. The van der Waals surface area contributed by atoms with Crippen molar-refractivity contribution < 1.29 is 0 Å². The van der Waals surface area contributed by atoms with Crippen LogP contribution in [0, 0.1) is 5.92 Å². The van der Waals surface area contributed by atoms with Crippen LogP contribution in [0.2, 0.25) is 0 Å². The van der Waals surface area contributed by atoms with Gasteiger partial charge in [0.1, 0.15) is 0 Å². The van der Waals surface area contributed by atoms with Gasteiger partial charge in [-0.1, -0.05) is 51.0 Å². The lowest BCUT2D eigenvalue weighted by Gasteiger charge is -2.14. The molecule has 0 unspecified atom stereocenters. The van der Waals surface area contributed by atoms with Crippen LogP contribution in [0.4, 0.5) is 5.69 Å². The average Bonchev–Trinajstić information content (AvgIpc) is 2.44. The molecule has 0 spiro atoms. The Labute approximate surface area is 116 Å². The number of hydrogen-bond donors (Lipinski definition) is 2. The lowest BCUT2D eigenvalue weighted by molar-refractivity contribution is 0.450. The lowest BCUT2D eigenvalue weighted by atomic mass is 10.0. The topological polar surface area (TPSA) is 38.0 Å². The Kier molecular flexibility index (Phi) is 4.80. The average molecular weight is 256 g/mol.